The van der Waals surface area contributed by atoms with Gasteiger partial charge in [0.1, 0.15) is 11.6 Å². The topological polar surface area (TPSA) is 74.2 Å². The van der Waals surface area contributed by atoms with Crippen LogP contribution in [0.5, 0.6) is 5.75 Å². The smallest absolute Gasteiger partial charge is 0.282 e. The number of benzene rings is 3. The molecular weight excluding hydrogens is 495 g/mol. The Hall–Kier alpha value is -4.46. The van der Waals surface area contributed by atoms with Crippen molar-refractivity contribution in [2.45, 2.75) is 40.3 Å². The van der Waals surface area contributed by atoms with Gasteiger partial charge in [0.15, 0.2) is 0 Å². The van der Waals surface area contributed by atoms with Crippen LogP contribution in [0.4, 0.5) is 10.1 Å². The van der Waals surface area contributed by atoms with Crippen LogP contribution in [0.1, 0.15) is 46.0 Å². The van der Waals surface area contributed by atoms with Gasteiger partial charge in [0.2, 0.25) is 0 Å². The largest absolute Gasteiger partial charge is 0.494 e. The number of rotatable bonds is 8. The van der Waals surface area contributed by atoms with Crippen molar-refractivity contribution in [1.29, 1.82) is 0 Å². The highest BCUT2D eigenvalue weighted by Gasteiger charge is 2.34. The number of nitrogens with one attached hydrogen (secondary N) is 1. The minimum absolute atomic E-state index is 0.145. The molecule has 0 atom stereocenters. The van der Waals surface area contributed by atoms with Crippen LogP contribution in [0.2, 0.25) is 0 Å². The number of fused-ring (bicyclic) bond motifs is 1. The lowest BCUT2D eigenvalue weighted by Crippen LogP contribution is -2.29. The number of hydrogen-bond acceptors (Lipinski definition) is 5. The minimum Gasteiger partial charge on any atom is -0.494 e. The summed E-state index contributed by atoms with van der Waals surface area (Å²) in [4.78, 5) is 27.8. The van der Waals surface area contributed by atoms with Crippen molar-refractivity contribution in [3.8, 4) is 5.75 Å². The molecule has 7 nitrogen and oxygen atoms in total. The molecule has 0 aliphatic carbocycles. The van der Waals surface area contributed by atoms with Gasteiger partial charge in [0, 0.05) is 37.8 Å². The Kier molecular flexibility index (Phi) is 7.45. The predicted molar refractivity (Wildman–Crippen MR) is 149 cm³/mol. The van der Waals surface area contributed by atoms with Crippen molar-refractivity contribution < 1.29 is 18.7 Å². The number of anilines is 1. The summed E-state index contributed by atoms with van der Waals surface area (Å²) in [7, 11) is 0. The van der Waals surface area contributed by atoms with Crippen molar-refractivity contribution in [2.75, 3.05) is 18.2 Å². The number of amides is 2. The molecule has 3 aromatic carbocycles. The number of aryl methyl sites for hydroxylation is 2. The molecule has 39 heavy (non-hydrogen) atoms. The fraction of sp³-hybridized carbons (Fsp3) is 0.258. The van der Waals surface area contributed by atoms with E-state index in [0.29, 0.717) is 55.0 Å². The van der Waals surface area contributed by atoms with Crippen LogP contribution < -0.4 is 15.1 Å². The number of nitrogens with zero attached hydrogens (tertiary/aromatic N) is 3. The van der Waals surface area contributed by atoms with E-state index < -0.39 is 0 Å². The van der Waals surface area contributed by atoms with Gasteiger partial charge in [-0.05, 0) is 79.4 Å². The lowest BCUT2D eigenvalue weighted by molar-refractivity contribution is -0.114. The fourth-order valence-electron chi connectivity index (χ4n) is 4.67. The fourth-order valence-corrected chi connectivity index (χ4v) is 4.67. The first kappa shape index (κ1) is 26.2. The molecule has 1 N–H and O–H groups in total. The molecule has 200 valence electrons. The van der Waals surface area contributed by atoms with Crippen molar-refractivity contribution in [1.82, 2.24) is 10.2 Å². The van der Waals surface area contributed by atoms with Crippen LogP contribution in [0.25, 0.3) is 0 Å². The zero-order valence-electron chi connectivity index (χ0n) is 22.3. The van der Waals surface area contributed by atoms with Crippen LogP contribution in [0.15, 0.2) is 77.5 Å². The standard InChI is InChI=1S/C31H31FN4O3/c1-4-39-29-16-23(6-5-20(29)2)17-33-30(37)24-9-7-22(8-10-24)18-35-14-13-28-26(19-35)31(38)36(34-28)25-11-12-27(32)21(3)15-25/h5-12,15-16,19H,4,13-14,17-18H2,1-3H3,(H,33,37). The normalized spacial score (nSPS) is 14.6. The van der Waals surface area contributed by atoms with Gasteiger partial charge in [0.25, 0.3) is 11.8 Å². The molecule has 0 unspecified atom stereocenters. The highest BCUT2D eigenvalue weighted by molar-refractivity contribution is 6.30. The highest BCUT2D eigenvalue weighted by Crippen LogP contribution is 2.29. The molecule has 3 aromatic rings. The summed E-state index contributed by atoms with van der Waals surface area (Å²) in [6.45, 7) is 7.93. The second-order valence-corrected chi connectivity index (χ2v) is 9.77. The summed E-state index contributed by atoms with van der Waals surface area (Å²) >= 11 is 0. The Bertz CT molecular complexity index is 1480. The summed E-state index contributed by atoms with van der Waals surface area (Å²) in [5.41, 5.74) is 5.97. The van der Waals surface area contributed by atoms with Gasteiger partial charge in [-0.25, -0.2) is 4.39 Å². The summed E-state index contributed by atoms with van der Waals surface area (Å²) in [5.74, 6) is 0.160. The third-order valence-corrected chi connectivity index (χ3v) is 6.90. The third kappa shape index (κ3) is 5.70. The molecule has 0 saturated carbocycles. The van der Waals surface area contributed by atoms with Crippen molar-refractivity contribution in [2.24, 2.45) is 5.10 Å². The zero-order valence-corrected chi connectivity index (χ0v) is 22.3. The second-order valence-electron chi connectivity index (χ2n) is 9.77. The highest BCUT2D eigenvalue weighted by atomic mass is 19.1. The SMILES string of the molecule is CCOc1cc(CNC(=O)c2ccc(CN3C=C4C(=O)N(c5ccc(F)c(C)c5)N=C4CC3)cc2)ccc1C. The van der Waals surface area contributed by atoms with Crippen molar-refractivity contribution >= 4 is 23.2 Å². The maximum Gasteiger partial charge on any atom is 0.282 e. The van der Waals surface area contributed by atoms with Gasteiger partial charge in [-0.1, -0.05) is 24.3 Å². The van der Waals surface area contributed by atoms with E-state index in [9.17, 15) is 14.0 Å². The van der Waals surface area contributed by atoms with E-state index in [-0.39, 0.29) is 17.6 Å². The summed E-state index contributed by atoms with van der Waals surface area (Å²) in [6, 6.07) is 18.0. The van der Waals surface area contributed by atoms with Crippen LogP contribution in [-0.4, -0.2) is 35.6 Å². The molecule has 2 aliphatic rings. The number of halogens is 1. The lowest BCUT2D eigenvalue weighted by atomic mass is 10.0. The quantitative estimate of drug-likeness (QED) is 0.434. The summed E-state index contributed by atoms with van der Waals surface area (Å²) < 4.78 is 19.3. The molecule has 8 heteroatoms. The third-order valence-electron chi connectivity index (χ3n) is 6.90. The van der Waals surface area contributed by atoms with E-state index in [0.717, 1.165) is 28.2 Å². The molecule has 0 saturated heterocycles. The first-order valence-electron chi connectivity index (χ1n) is 13.1. The minimum atomic E-state index is -0.313. The van der Waals surface area contributed by atoms with E-state index >= 15 is 0 Å². The van der Waals surface area contributed by atoms with Gasteiger partial charge in [-0.2, -0.15) is 10.1 Å². The molecule has 0 radical (unpaired) electrons. The molecule has 2 aliphatic heterocycles. The van der Waals surface area contributed by atoms with E-state index in [1.807, 2.05) is 62.5 Å². The van der Waals surface area contributed by atoms with Gasteiger partial charge >= 0.3 is 0 Å². The maximum absolute atomic E-state index is 13.7. The van der Waals surface area contributed by atoms with Crippen LogP contribution in [0.3, 0.4) is 0 Å². The van der Waals surface area contributed by atoms with Crippen LogP contribution in [0, 0.1) is 19.7 Å². The summed E-state index contributed by atoms with van der Waals surface area (Å²) in [5, 5.41) is 8.81. The number of ether oxygens (including phenoxy) is 1. The Morgan fingerprint density at radius 2 is 1.79 bits per heavy atom. The van der Waals surface area contributed by atoms with E-state index in [1.54, 1.807) is 19.1 Å². The number of carbonyl (C=O) groups is 2. The molecule has 0 aromatic heterocycles. The van der Waals surface area contributed by atoms with Crippen molar-refractivity contribution in [3.63, 3.8) is 0 Å². The second kappa shape index (κ2) is 11.1. The van der Waals surface area contributed by atoms with E-state index in [1.165, 1.54) is 11.1 Å². The molecule has 5 rings (SSSR count). The molecule has 2 heterocycles. The molecule has 0 spiro atoms. The van der Waals surface area contributed by atoms with Crippen molar-refractivity contribution in [3.05, 3.63) is 106 Å². The van der Waals surface area contributed by atoms with Gasteiger partial charge in [0.05, 0.1) is 23.6 Å². The van der Waals surface area contributed by atoms with Crippen LogP contribution >= 0.6 is 0 Å². The molecule has 0 fully saturated rings. The first-order chi connectivity index (χ1) is 18.8. The first-order valence-corrected chi connectivity index (χ1v) is 13.1. The molecular formula is C31H31FN4O3. The van der Waals surface area contributed by atoms with Gasteiger partial charge in [-0.15, -0.1) is 0 Å². The Morgan fingerprint density at radius 3 is 2.54 bits per heavy atom. The Labute approximate surface area is 227 Å². The van der Waals surface area contributed by atoms with Crippen LogP contribution in [-0.2, 0) is 17.9 Å². The maximum atomic E-state index is 13.7. The summed E-state index contributed by atoms with van der Waals surface area (Å²) in [6.07, 6.45) is 2.48. The predicted octanol–water partition coefficient (Wildman–Crippen LogP) is 5.26. The number of carbonyl (C=O) groups excluding carboxylic acids is 2. The zero-order chi connectivity index (χ0) is 27.5. The average molecular weight is 527 g/mol. The molecule has 0 bridgehead atoms. The molecule has 2 amide bonds. The number of hydrazone groups is 1. The van der Waals surface area contributed by atoms with Gasteiger partial charge in [-0.3, -0.25) is 9.59 Å². The monoisotopic (exact) mass is 526 g/mol. The van der Waals surface area contributed by atoms with Gasteiger partial charge < -0.3 is 15.0 Å². The Balaban J connectivity index is 1.19. The Morgan fingerprint density at radius 1 is 1.03 bits per heavy atom. The van der Waals surface area contributed by atoms with E-state index in [2.05, 4.69) is 15.3 Å². The number of hydrogen-bond donors (Lipinski definition) is 1. The average Bonchev–Trinajstić information content (AvgIpc) is 3.26. The van der Waals surface area contributed by atoms with E-state index in [4.69, 9.17) is 4.74 Å². The lowest BCUT2D eigenvalue weighted by Gasteiger charge is -2.25.